The molecule has 0 saturated heterocycles. The van der Waals surface area contributed by atoms with Gasteiger partial charge in [0.05, 0.1) is 6.26 Å². The summed E-state index contributed by atoms with van der Waals surface area (Å²) in [5.41, 5.74) is 0.854. The van der Waals surface area contributed by atoms with Crippen molar-refractivity contribution in [1.82, 2.24) is 0 Å². The van der Waals surface area contributed by atoms with Gasteiger partial charge in [0.1, 0.15) is 11.5 Å². The lowest BCUT2D eigenvalue weighted by Gasteiger charge is -2.06. The second-order valence-electron chi connectivity index (χ2n) is 3.00. The van der Waals surface area contributed by atoms with Crippen LogP contribution in [-0.4, -0.2) is 6.61 Å². The molecule has 1 heterocycles. The summed E-state index contributed by atoms with van der Waals surface area (Å²) in [6, 6.07) is 8.31. The number of halogens is 3. The average molecular weight is 336 g/mol. The maximum absolute atomic E-state index is 12.0. The molecule has 0 bridgehead atoms. The third-order valence-corrected chi connectivity index (χ3v) is 2.84. The molecule has 2 nitrogen and oxygen atoms in total. The van der Waals surface area contributed by atoms with Crippen molar-refractivity contribution in [2.75, 3.05) is 0 Å². The number of alkyl halides is 2. The zero-order valence-corrected chi connectivity index (χ0v) is 10.1. The predicted octanol–water partition coefficient (Wildman–Crippen LogP) is 4.15. The van der Waals surface area contributed by atoms with Crippen LogP contribution >= 0.6 is 22.6 Å². The number of benzene rings is 1. The second-order valence-corrected chi connectivity index (χ2v) is 4.16. The number of ether oxygens (including phenoxy) is 1. The van der Waals surface area contributed by atoms with Crippen LogP contribution in [0.1, 0.15) is 0 Å². The van der Waals surface area contributed by atoms with E-state index in [9.17, 15) is 8.78 Å². The molecule has 0 fully saturated rings. The highest BCUT2D eigenvalue weighted by molar-refractivity contribution is 14.1. The Hall–Kier alpha value is -1.11. The molecule has 0 aliphatic carbocycles. The molecule has 2 rings (SSSR count). The molecule has 0 saturated carbocycles. The van der Waals surface area contributed by atoms with Gasteiger partial charge in [-0.15, -0.1) is 0 Å². The molecule has 5 heteroatoms. The monoisotopic (exact) mass is 336 g/mol. The lowest BCUT2D eigenvalue weighted by molar-refractivity contribution is -0.0498. The first-order chi connectivity index (χ1) is 7.66. The Morgan fingerprint density at radius 2 is 2.06 bits per heavy atom. The second kappa shape index (κ2) is 4.82. The minimum Gasteiger partial charge on any atom is -0.464 e. The van der Waals surface area contributed by atoms with Crippen molar-refractivity contribution in [1.29, 1.82) is 0 Å². The van der Waals surface area contributed by atoms with E-state index in [1.165, 1.54) is 6.07 Å². The van der Waals surface area contributed by atoms with E-state index in [0.717, 1.165) is 9.13 Å². The van der Waals surface area contributed by atoms with Gasteiger partial charge >= 0.3 is 6.61 Å². The molecule has 84 valence electrons. The SMILES string of the molecule is FC(F)Oc1ccc(-c2ccco2)c(I)c1. The van der Waals surface area contributed by atoms with Crippen LogP contribution in [0.2, 0.25) is 0 Å². The largest absolute Gasteiger partial charge is 0.464 e. The van der Waals surface area contributed by atoms with E-state index in [4.69, 9.17) is 4.42 Å². The maximum Gasteiger partial charge on any atom is 0.387 e. The van der Waals surface area contributed by atoms with E-state index in [2.05, 4.69) is 4.74 Å². The Labute approximate surface area is 104 Å². The van der Waals surface area contributed by atoms with Crippen LogP contribution in [0.25, 0.3) is 11.3 Å². The van der Waals surface area contributed by atoms with Gasteiger partial charge in [0, 0.05) is 9.13 Å². The first-order valence-electron chi connectivity index (χ1n) is 4.45. The van der Waals surface area contributed by atoms with Crippen LogP contribution in [0, 0.1) is 3.57 Å². The van der Waals surface area contributed by atoms with E-state index in [1.54, 1.807) is 24.5 Å². The molecular weight excluding hydrogens is 329 g/mol. The fourth-order valence-corrected chi connectivity index (χ4v) is 2.06. The molecule has 16 heavy (non-hydrogen) atoms. The lowest BCUT2D eigenvalue weighted by atomic mass is 10.2. The van der Waals surface area contributed by atoms with Crippen LogP contribution < -0.4 is 4.74 Å². The van der Waals surface area contributed by atoms with Gasteiger partial charge in [-0.25, -0.2) is 0 Å². The Morgan fingerprint density at radius 3 is 2.62 bits per heavy atom. The fourth-order valence-electron chi connectivity index (χ4n) is 1.30. The Kier molecular flexibility index (Phi) is 3.42. The molecule has 0 aliphatic heterocycles. The quantitative estimate of drug-likeness (QED) is 0.786. The number of furan rings is 1. The first-order valence-corrected chi connectivity index (χ1v) is 5.53. The van der Waals surface area contributed by atoms with Gasteiger partial charge in [-0.1, -0.05) is 0 Å². The zero-order chi connectivity index (χ0) is 11.5. The van der Waals surface area contributed by atoms with Crippen LogP contribution in [0.3, 0.4) is 0 Å². The standard InChI is InChI=1S/C11H7F2IO2/c12-11(13)16-7-3-4-8(9(14)6-7)10-2-1-5-15-10/h1-6,11H. The van der Waals surface area contributed by atoms with E-state index in [0.29, 0.717) is 5.76 Å². The molecule has 0 spiro atoms. The summed E-state index contributed by atoms with van der Waals surface area (Å²) in [5, 5.41) is 0. The van der Waals surface area contributed by atoms with E-state index >= 15 is 0 Å². The minimum atomic E-state index is -2.80. The molecular formula is C11H7F2IO2. The Morgan fingerprint density at radius 1 is 1.25 bits per heavy atom. The maximum atomic E-state index is 12.0. The number of hydrogen-bond donors (Lipinski definition) is 0. The van der Waals surface area contributed by atoms with Crippen molar-refractivity contribution < 1.29 is 17.9 Å². The van der Waals surface area contributed by atoms with Gasteiger partial charge in [0.2, 0.25) is 0 Å². The molecule has 2 aromatic rings. The van der Waals surface area contributed by atoms with Crippen LogP contribution in [-0.2, 0) is 0 Å². The third kappa shape index (κ3) is 2.52. The van der Waals surface area contributed by atoms with Crippen LogP contribution in [0.5, 0.6) is 5.75 Å². The summed E-state index contributed by atoms with van der Waals surface area (Å²) in [6.45, 7) is -2.80. The smallest absolute Gasteiger partial charge is 0.387 e. The van der Waals surface area contributed by atoms with Gasteiger partial charge in [-0.3, -0.25) is 0 Å². The summed E-state index contributed by atoms with van der Waals surface area (Å²) >= 11 is 2.05. The van der Waals surface area contributed by atoms with Crippen LogP contribution in [0.4, 0.5) is 8.78 Å². The van der Waals surface area contributed by atoms with Gasteiger partial charge in [0.15, 0.2) is 0 Å². The van der Waals surface area contributed by atoms with Crippen LogP contribution in [0.15, 0.2) is 41.0 Å². The highest BCUT2D eigenvalue weighted by Gasteiger charge is 2.09. The lowest BCUT2D eigenvalue weighted by Crippen LogP contribution is -2.02. The van der Waals surface area contributed by atoms with Gasteiger partial charge in [0.25, 0.3) is 0 Å². The zero-order valence-electron chi connectivity index (χ0n) is 7.99. The fraction of sp³-hybridized carbons (Fsp3) is 0.0909. The van der Waals surface area contributed by atoms with E-state index in [1.807, 2.05) is 28.7 Å². The normalized spacial score (nSPS) is 10.8. The number of rotatable bonds is 3. The number of hydrogen-bond acceptors (Lipinski definition) is 2. The van der Waals surface area contributed by atoms with E-state index < -0.39 is 6.61 Å². The summed E-state index contributed by atoms with van der Waals surface area (Å²) in [7, 11) is 0. The molecule has 1 aromatic heterocycles. The molecule has 1 aromatic carbocycles. The van der Waals surface area contributed by atoms with Crippen molar-refractivity contribution in [2.24, 2.45) is 0 Å². The summed E-state index contributed by atoms with van der Waals surface area (Å²) in [4.78, 5) is 0. The van der Waals surface area contributed by atoms with Crippen molar-refractivity contribution in [2.45, 2.75) is 6.61 Å². The van der Waals surface area contributed by atoms with Gasteiger partial charge < -0.3 is 9.15 Å². The molecule has 0 radical (unpaired) electrons. The minimum absolute atomic E-state index is 0.148. The molecule has 0 amide bonds. The molecule has 0 unspecified atom stereocenters. The average Bonchev–Trinajstić information content (AvgIpc) is 2.69. The molecule has 0 atom stereocenters. The Balaban J connectivity index is 2.30. The topological polar surface area (TPSA) is 22.4 Å². The van der Waals surface area contributed by atoms with Crippen molar-refractivity contribution >= 4 is 22.6 Å². The highest BCUT2D eigenvalue weighted by Crippen LogP contribution is 2.29. The highest BCUT2D eigenvalue weighted by atomic mass is 127. The van der Waals surface area contributed by atoms with E-state index in [-0.39, 0.29) is 5.75 Å². The van der Waals surface area contributed by atoms with Gasteiger partial charge in [-0.2, -0.15) is 8.78 Å². The summed E-state index contributed by atoms with van der Waals surface area (Å²) in [6.07, 6.45) is 1.56. The third-order valence-electron chi connectivity index (χ3n) is 1.95. The van der Waals surface area contributed by atoms with Crippen molar-refractivity contribution in [3.05, 3.63) is 40.2 Å². The molecule has 0 aliphatic rings. The van der Waals surface area contributed by atoms with Crippen molar-refractivity contribution in [3.63, 3.8) is 0 Å². The van der Waals surface area contributed by atoms with Crippen molar-refractivity contribution in [3.8, 4) is 17.1 Å². The first kappa shape index (κ1) is 11.4. The Bertz CT molecular complexity index is 469. The predicted molar refractivity (Wildman–Crippen MR) is 63.5 cm³/mol. The van der Waals surface area contributed by atoms with Gasteiger partial charge in [-0.05, 0) is 52.9 Å². The molecule has 0 N–H and O–H groups in total. The summed E-state index contributed by atoms with van der Waals surface area (Å²) in [5.74, 6) is 0.850. The summed E-state index contributed by atoms with van der Waals surface area (Å²) < 4.78 is 34.3.